The first-order chi connectivity index (χ1) is 9.41. The van der Waals surface area contributed by atoms with Gasteiger partial charge < -0.3 is 20.5 Å². The van der Waals surface area contributed by atoms with Crippen LogP contribution in [0.1, 0.15) is 6.23 Å². The van der Waals surface area contributed by atoms with E-state index in [1.807, 2.05) is 0 Å². The molecule has 5 atom stereocenters. The van der Waals surface area contributed by atoms with Crippen LogP contribution in [0.15, 0.2) is 17.1 Å². The second-order valence-corrected chi connectivity index (χ2v) is 5.76. The number of phosphoric acid groups is 1. The summed E-state index contributed by atoms with van der Waals surface area (Å²) in [5.41, 5.74) is 4.69. The largest absolute Gasteiger partial charge is 2.00 e. The second kappa shape index (κ2) is 6.42. The molecule has 5 unspecified atom stereocenters. The predicted octanol–water partition coefficient (Wildman–Crippen LogP) is -1.78. The Morgan fingerprint density at radius 3 is 2.71 bits per heavy atom. The number of hydrogen-bond donors (Lipinski definition) is 3. The molecule has 2 fully saturated rings. The van der Waals surface area contributed by atoms with Crippen LogP contribution in [-0.4, -0.2) is 93.4 Å². The summed E-state index contributed by atoms with van der Waals surface area (Å²) >= 11 is 0. The molecule has 10 nitrogen and oxygen atoms in total. The number of hydrogen-bond acceptors (Lipinski definition) is 8. The third-order valence-corrected chi connectivity index (χ3v) is 4.12. The van der Waals surface area contributed by atoms with Gasteiger partial charge in [-0.2, -0.15) is 4.98 Å². The Kier molecular flexibility index (Phi) is 5.39. The number of aliphatic hydroxyl groups is 1. The molecule has 0 aliphatic carbocycles. The summed E-state index contributed by atoms with van der Waals surface area (Å²) in [6, 6.07) is 1.38. The van der Waals surface area contributed by atoms with Crippen molar-refractivity contribution in [3.05, 3.63) is 22.7 Å². The molecule has 110 valence electrons. The number of nitrogen functional groups attached to an aromatic ring is 1. The number of aliphatic hydroxyl groups excluding tert-OH is 1. The van der Waals surface area contributed by atoms with Gasteiger partial charge in [0.25, 0.3) is 0 Å². The molecule has 2 aliphatic rings. The first-order valence-electron chi connectivity index (χ1n) is 5.72. The average Bonchev–Trinajstić information content (AvgIpc) is 2.83. The van der Waals surface area contributed by atoms with Crippen LogP contribution in [-0.2, 0) is 18.3 Å². The summed E-state index contributed by atoms with van der Waals surface area (Å²) < 4.78 is 27.7. The maximum atomic E-state index is 11.8. The normalized spacial score (nSPS) is 38.0. The van der Waals surface area contributed by atoms with Crippen LogP contribution in [0.25, 0.3) is 0 Å². The summed E-state index contributed by atoms with van der Waals surface area (Å²) in [7, 11) is -4.21. The van der Waals surface area contributed by atoms with Crippen molar-refractivity contribution in [2.45, 2.75) is 24.5 Å². The van der Waals surface area contributed by atoms with Crippen LogP contribution in [0, 0.1) is 0 Å². The van der Waals surface area contributed by atoms with E-state index in [4.69, 9.17) is 19.5 Å². The fourth-order valence-corrected chi connectivity index (χ4v) is 3.42. The van der Waals surface area contributed by atoms with Crippen molar-refractivity contribution < 1.29 is 28.3 Å². The quantitative estimate of drug-likeness (QED) is 0.357. The summed E-state index contributed by atoms with van der Waals surface area (Å²) in [6.07, 6.45) is -2.51. The van der Waals surface area contributed by atoms with Gasteiger partial charge in [-0.25, -0.2) is 9.36 Å². The van der Waals surface area contributed by atoms with Crippen molar-refractivity contribution in [3.63, 3.8) is 0 Å². The predicted molar refractivity (Wildman–Crippen MR) is 69.2 cm³/mol. The number of nitrogens with two attached hydrogens (primary N) is 1. The second-order valence-electron chi connectivity index (χ2n) is 4.40. The van der Waals surface area contributed by atoms with E-state index in [9.17, 15) is 19.4 Å². The number of rotatable bonds is 2. The zero-order valence-corrected chi connectivity index (χ0v) is 16.1. The number of phosphoric ester groups is 1. The maximum Gasteiger partial charge on any atom is 2.00 e. The Labute approximate surface area is 158 Å². The van der Waals surface area contributed by atoms with Gasteiger partial charge in [0.1, 0.15) is 24.1 Å². The van der Waals surface area contributed by atoms with Gasteiger partial charge in [0.15, 0.2) is 6.23 Å². The minimum atomic E-state index is -4.21. The topological polar surface area (TPSA) is 146 Å². The summed E-state index contributed by atoms with van der Waals surface area (Å²) in [6.45, 7) is -0.446. The number of anilines is 1. The van der Waals surface area contributed by atoms with Crippen molar-refractivity contribution in [1.29, 1.82) is 0 Å². The molecule has 12 heteroatoms. The first-order valence-corrected chi connectivity index (χ1v) is 7.21. The zero-order chi connectivity index (χ0) is 14.5. The number of fused-ring (bicyclic) bond motifs is 1. The molecule has 0 saturated carbocycles. The Balaban J connectivity index is 0.00000161. The van der Waals surface area contributed by atoms with Gasteiger partial charge in [-0.15, -0.1) is 0 Å². The summed E-state index contributed by atoms with van der Waals surface area (Å²) in [4.78, 5) is 24.7. The van der Waals surface area contributed by atoms with Gasteiger partial charge in [-0.05, 0) is 6.07 Å². The van der Waals surface area contributed by atoms with E-state index in [0.29, 0.717) is 0 Å². The minimum Gasteiger partial charge on any atom is -0.394 e. The molecule has 0 radical (unpaired) electrons. The van der Waals surface area contributed by atoms with E-state index in [0.717, 1.165) is 4.57 Å². The van der Waals surface area contributed by atoms with Crippen molar-refractivity contribution in [2.75, 3.05) is 12.3 Å². The maximum absolute atomic E-state index is 11.8. The molecule has 0 aromatic carbocycles. The monoisotopic (exact) mass is 443 g/mol. The van der Waals surface area contributed by atoms with Gasteiger partial charge in [0.05, 0.1) is 6.61 Å². The number of aromatic nitrogens is 2. The molecular formula is C9H12BaN3O7P+2. The fraction of sp³-hybridized carbons (Fsp3) is 0.556. The molecule has 21 heavy (non-hydrogen) atoms. The van der Waals surface area contributed by atoms with E-state index in [-0.39, 0.29) is 54.7 Å². The zero-order valence-electron chi connectivity index (χ0n) is 10.7. The van der Waals surface area contributed by atoms with Crippen LogP contribution in [0.5, 0.6) is 0 Å². The van der Waals surface area contributed by atoms with Gasteiger partial charge in [0.2, 0.25) is 0 Å². The third kappa shape index (κ3) is 3.31. The first kappa shape index (κ1) is 17.6. The Bertz CT molecular complexity index is 640. The van der Waals surface area contributed by atoms with Crippen LogP contribution >= 0.6 is 7.82 Å². The van der Waals surface area contributed by atoms with E-state index in [2.05, 4.69) is 4.98 Å². The van der Waals surface area contributed by atoms with Crippen LogP contribution in [0.3, 0.4) is 0 Å². The van der Waals surface area contributed by atoms with Gasteiger partial charge in [-0.3, -0.25) is 13.6 Å². The van der Waals surface area contributed by atoms with E-state index < -0.39 is 44.7 Å². The van der Waals surface area contributed by atoms with Crippen molar-refractivity contribution >= 4 is 62.5 Å². The summed E-state index contributed by atoms with van der Waals surface area (Å²) in [5.74, 6) is 0.0379. The van der Waals surface area contributed by atoms with E-state index in [1.165, 1.54) is 12.3 Å². The van der Waals surface area contributed by atoms with Crippen LogP contribution in [0.4, 0.5) is 5.82 Å². The van der Waals surface area contributed by atoms with Crippen molar-refractivity contribution in [3.8, 4) is 0 Å². The van der Waals surface area contributed by atoms with E-state index in [1.54, 1.807) is 0 Å². The Hall–Kier alpha value is 0.281. The molecule has 1 aromatic heterocycles. The van der Waals surface area contributed by atoms with Crippen LogP contribution in [0.2, 0.25) is 0 Å². The molecule has 2 saturated heterocycles. The molecule has 3 heterocycles. The van der Waals surface area contributed by atoms with Gasteiger partial charge in [-0.1, -0.05) is 0 Å². The number of ether oxygens (including phenoxy) is 1. The standard InChI is InChI=1S/C9H12N3O7P.Ba/c10-5-1-2-12(9(14)11-5)8-7-6(4(3-13)17-8)18-20(15,16)19-7;/h1-2,4,6-8,13H,3H2,(H,15,16)(H2,10,11,14);/q;+2. The molecule has 1 aromatic rings. The molecule has 0 bridgehead atoms. The van der Waals surface area contributed by atoms with Crippen LogP contribution < -0.4 is 11.4 Å². The fourth-order valence-electron chi connectivity index (χ4n) is 2.27. The van der Waals surface area contributed by atoms with Crippen molar-refractivity contribution in [1.82, 2.24) is 9.55 Å². The van der Waals surface area contributed by atoms with Gasteiger partial charge >= 0.3 is 62.4 Å². The van der Waals surface area contributed by atoms with Gasteiger partial charge in [0, 0.05) is 6.20 Å². The molecule has 3 rings (SSSR count). The molecule has 2 aliphatic heterocycles. The van der Waals surface area contributed by atoms with Crippen molar-refractivity contribution in [2.24, 2.45) is 0 Å². The average molecular weight is 443 g/mol. The smallest absolute Gasteiger partial charge is 0.394 e. The third-order valence-electron chi connectivity index (χ3n) is 3.10. The molecule has 0 spiro atoms. The molecule has 4 N–H and O–H groups in total. The van der Waals surface area contributed by atoms with E-state index >= 15 is 0 Å². The molecule has 0 amide bonds. The minimum absolute atomic E-state index is 0. The summed E-state index contributed by atoms with van der Waals surface area (Å²) in [5, 5.41) is 9.21. The Morgan fingerprint density at radius 2 is 2.10 bits per heavy atom. The molecular weight excluding hydrogens is 430 g/mol. The Morgan fingerprint density at radius 1 is 1.43 bits per heavy atom. The SMILES string of the molecule is Nc1ccn(C2OC(CO)C3OP(=O)(O)OC32)c(=O)n1.[Ba+2]. The number of nitrogens with zero attached hydrogens (tertiary/aromatic N) is 2.